The van der Waals surface area contributed by atoms with Crippen molar-refractivity contribution in [1.82, 2.24) is 14.7 Å². The van der Waals surface area contributed by atoms with Crippen molar-refractivity contribution < 1.29 is 33.7 Å². The van der Waals surface area contributed by atoms with Crippen molar-refractivity contribution in [3.63, 3.8) is 0 Å². The van der Waals surface area contributed by atoms with E-state index in [1.165, 1.54) is 4.90 Å². The predicted octanol–water partition coefficient (Wildman–Crippen LogP) is 0.598. The van der Waals surface area contributed by atoms with Crippen LogP contribution in [0, 0.1) is 11.8 Å². The minimum Gasteiger partial charge on any atom is -0.465 e. The van der Waals surface area contributed by atoms with Gasteiger partial charge in [-0.1, -0.05) is 19.1 Å². The first-order valence-electron chi connectivity index (χ1n) is 13.5. The molecule has 0 aromatic heterocycles. The predicted molar refractivity (Wildman–Crippen MR) is 135 cm³/mol. The molecule has 0 aromatic carbocycles. The van der Waals surface area contributed by atoms with Crippen LogP contribution < -0.4 is 0 Å². The zero-order valence-corrected chi connectivity index (χ0v) is 21.9. The van der Waals surface area contributed by atoms with Gasteiger partial charge in [-0.3, -0.25) is 19.3 Å². The zero-order chi connectivity index (χ0) is 26.6. The number of esters is 1. The average molecular weight is 520 g/mol. The van der Waals surface area contributed by atoms with Crippen molar-refractivity contribution in [1.29, 1.82) is 0 Å². The average Bonchev–Trinajstić information content (AvgIpc) is 3.55. The number of carbonyl (C=O) groups excluding carboxylic acids is 3. The molecule has 206 valence electrons. The van der Waals surface area contributed by atoms with Gasteiger partial charge in [0.25, 0.3) is 0 Å². The van der Waals surface area contributed by atoms with Gasteiger partial charge in [-0.2, -0.15) is 0 Å². The molecule has 2 unspecified atom stereocenters. The Labute approximate surface area is 219 Å². The lowest BCUT2D eigenvalue weighted by Crippen LogP contribution is -2.59. The van der Waals surface area contributed by atoms with Gasteiger partial charge in [0.1, 0.15) is 11.6 Å². The van der Waals surface area contributed by atoms with E-state index < -0.39 is 41.6 Å². The molecule has 1 spiro atoms. The molecule has 10 heteroatoms. The van der Waals surface area contributed by atoms with E-state index in [2.05, 4.69) is 18.1 Å². The van der Waals surface area contributed by atoms with Crippen LogP contribution in [0.3, 0.4) is 0 Å². The summed E-state index contributed by atoms with van der Waals surface area (Å²) < 4.78 is 17.4. The van der Waals surface area contributed by atoms with E-state index >= 15 is 0 Å². The standard InChI is InChI=1S/C27H41N3O7/c1-4-7-15-36-26(34)21-20-8-9-27(37-20)22(21)24(32)30(19(6-3)18-31)23(27)25(33)29(10-5-2)12-11-28-13-16-35-17-14-28/h4-5,19-23,31H,1-2,6-18H2,3H3/t19-,20-,21+,22-,23?,27?/m0/s1. The minimum absolute atomic E-state index is 0.189. The summed E-state index contributed by atoms with van der Waals surface area (Å²) in [6.07, 6.45) is 4.96. The molecule has 4 saturated heterocycles. The Kier molecular flexibility index (Phi) is 9.05. The van der Waals surface area contributed by atoms with Gasteiger partial charge in [0.2, 0.25) is 11.8 Å². The number of carbonyl (C=O) groups is 3. The van der Waals surface area contributed by atoms with Gasteiger partial charge in [0.05, 0.1) is 50.4 Å². The second-order valence-corrected chi connectivity index (χ2v) is 10.3. The van der Waals surface area contributed by atoms with E-state index in [4.69, 9.17) is 14.2 Å². The fourth-order valence-corrected chi connectivity index (χ4v) is 6.49. The van der Waals surface area contributed by atoms with E-state index in [1.807, 2.05) is 6.92 Å². The van der Waals surface area contributed by atoms with E-state index in [-0.39, 0.29) is 25.0 Å². The Morgan fingerprint density at radius 3 is 2.70 bits per heavy atom. The first kappa shape index (κ1) is 27.8. The molecule has 2 bridgehead atoms. The lowest BCUT2D eigenvalue weighted by Gasteiger charge is -2.39. The third kappa shape index (κ3) is 5.08. The molecular weight excluding hydrogens is 478 g/mol. The number of hydrogen-bond acceptors (Lipinski definition) is 8. The van der Waals surface area contributed by atoms with Crippen molar-refractivity contribution in [2.45, 2.75) is 56.4 Å². The molecule has 0 radical (unpaired) electrons. The highest BCUT2D eigenvalue weighted by Gasteiger charge is 2.75. The zero-order valence-electron chi connectivity index (χ0n) is 21.9. The fourth-order valence-electron chi connectivity index (χ4n) is 6.49. The quantitative estimate of drug-likeness (QED) is 0.214. The third-order valence-corrected chi connectivity index (χ3v) is 8.34. The number of hydrogen-bond donors (Lipinski definition) is 1. The second kappa shape index (κ2) is 12.1. The van der Waals surface area contributed by atoms with Crippen LogP contribution in [0.2, 0.25) is 0 Å². The highest BCUT2D eigenvalue weighted by molar-refractivity contribution is 5.98. The topological polar surface area (TPSA) is 109 Å². The fraction of sp³-hybridized carbons (Fsp3) is 0.741. The molecule has 0 aliphatic carbocycles. The number of nitrogens with zero attached hydrogens (tertiary/aromatic N) is 3. The van der Waals surface area contributed by atoms with Gasteiger partial charge in [0.15, 0.2) is 0 Å². The van der Waals surface area contributed by atoms with Crippen LogP contribution in [0.15, 0.2) is 25.3 Å². The number of aliphatic hydroxyl groups excluding tert-OH is 1. The molecule has 4 aliphatic rings. The molecule has 6 atom stereocenters. The SMILES string of the molecule is C=CCCOC(=O)[C@@H]1[C@@H]2CCC3(O2)C(C(=O)N(CC=C)CCN2CCOCC2)N([C@@H](CC)CO)C(=O)[C@H]13. The highest BCUT2D eigenvalue weighted by Crippen LogP contribution is 2.59. The summed E-state index contributed by atoms with van der Waals surface area (Å²) in [5, 5.41) is 10.2. The molecule has 0 saturated carbocycles. The van der Waals surface area contributed by atoms with Crippen LogP contribution >= 0.6 is 0 Å². The number of amides is 2. The van der Waals surface area contributed by atoms with Crippen molar-refractivity contribution in [2.75, 3.05) is 59.2 Å². The maximum atomic E-state index is 14.3. The summed E-state index contributed by atoms with van der Waals surface area (Å²) in [6.45, 7) is 13.7. The van der Waals surface area contributed by atoms with Gasteiger partial charge >= 0.3 is 5.97 Å². The normalized spacial score (nSPS) is 31.7. The van der Waals surface area contributed by atoms with Gasteiger partial charge in [0, 0.05) is 32.7 Å². The molecule has 4 rings (SSSR count). The number of fused-ring (bicyclic) bond motifs is 1. The lowest BCUT2D eigenvalue weighted by atomic mass is 9.70. The van der Waals surface area contributed by atoms with Crippen LogP contribution in [0.25, 0.3) is 0 Å². The Hall–Kier alpha value is -2.27. The molecule has 4 fully saturated rings. The van der Waals surface area contributed by atoms with Crippen molar-refractivity contribution in [3.05, 3.63) is 25.3 Å². The lowest BCUT2D eigenvalue weighted by molar-refractivity contribution is -0.156. The van der Waals surface area contributed by atoms with E-state index in [0.29, 0.717) is 58.5 Å². The van der Waals surface area contributed by atoms with E-state index in [0.717, 1.165) is 13.1 Å². The summed E-state index contributed by atoms with van der Waals surface area (Å²) in [5.74, 6) is -2.56. The second-order valence-electron chi connectivity index (χ2n) is 10.3. The highest BCUT2D eigenvalue weighted by atomic mass is 16.6. The van der Waals surface area contributed by atoms with Crippen molar-refractivity contribution in [3.8, 4) is 0 Å². The van der Waals surface area contributed by atoms with Crippen molar-refractivity contribution >= 4 is 17.8 Å². The molecule has 37 heavy (non-hydrogen) atoms. The summed E-state index contributed by atoms with van der Waals surface area (Å²) in [4.78, 5) is 46.9. The van der Waals surface area contributed by atoms with E-state index in [1.54, 1.807) is 17.1 Å². The minimum atomic E-state index is -1.11. The summed E-state index contributed by atoms with van der Waals surface area (Å²) in [6, 6.07) is -1.46. The van der Waals surface area contributed by atoms with Crippen LogP contribution in [0.4, 0.5) is 0 Å². The van der Waals surface area contributed by atoms with Gasteiger partial charge in [-0.15, -0.1) is 13.2 Å². The molecule has 10 nitrogen and oxygen atoms in total. The van der Waals surface area contributed by atoms with Crippen LogP contribution in [0.1, 0.15) is 32.6 Å². The largest absolute Gasteiger partial charge is 0.465 e. The Morgan fingerprint density at radius 1 is 1.30 bits per heavy atom. The Morgan fingerprint density at radius 2 is 2.05 bits per heavy atom. The number of ether oxygens (including phenoxy) is 3. The maximum absolute atomic E-state index is 14.3. The van der Waals surface area contributed by atoms with Gasteiger partial charge in [-0.25, -0.2) is 0 Å². The molecule has 2 amide bonds. The molecule has 0 aromatic rings. The molecule has 4 aliphatic heterocycles. The molecule has 4 heterocycles. The van der Waals surface area contributed by atoms with Crippen molar-refractivity contribution in [2.24, 2.45) is 11.8 Å². The Bertz CT molecular complexity index is 872. The monoisotopic (exact) mass is 519 g/mol. The van der Waals surface area contributed by atoms with Crippen LogP contribution in [0.5, 0.6) is 0 Å². The van der Waals surface area contributed by atoms with Gasteiger partial charge in [-0.05, 0) is 25.7 Å². The van der Waals surface area contributed by atoms with Crippen LogP contribution in [-0.4, -0.2) is 121 Å². The first-order valence-corrected chi connectivity index (χ1v) is 13.5. The smallest absolute Gasteiger partial charge is 0.312 e. The summed E-state index contributed by atoms with van der Waals surface area (Å²) in [5.41, 5.74) is -1.11. The number of morpholine rings is 1. The first-order chi connectivity index (χ1) is 17.9. The summed E-state index contributed by atoms with van der Waals surface area (Å²) >= 11 is 0. The summed E-state index contributed by atoms with van der Waals surface area (Å²) in [7, 11) is 0. The van der Waals surface area contributed by atoms with E-state index in [9.17, 15) is 19.5 Å². The van der Waals surface area contributed by atoms with Gasteiger partial charge < -0.3 is 29.1 Å². The number of rotatable bonds is 13. The molecule has 1 N–H and O–H groups in total. The number of aliphatic hydroxyl groups is 1. The maximum Gasteiger partial charge on any atom is 0.312 e. The third-order valence-electron chi connectivity index (χ3n) is 8.34. The van der Waals surface area contributed by atoms with Crippen LogP contribution in [-0.2, 0) is 28.6 Å². The Balaban J connectivity index is 1.63. The molecular formula is C27H41N3O7. The number of likely N-dealkylation sites (tertiary alicyclic amines) is 1.